The SMILES string of the molecule is NCCN(CCc1ccccc1)C(=O)C1C2CCCCC21. The van der Waals surface area contributed by atoms with Crippen molar-refractivity contribution in [2.75, 3.05) is 19.6 Å². The maximum Gasteiger partial charge on any atom is 0.226 e. The predicted molar refractivity (Wildman–Crippen MR) is 84.7 cm³/mol. The van der Waals surface area contributed by atoms with Crippen LogP contribution in [0.3, 0.4) is 0 Å². The van der Waals surface area contributed by atoms with Crippen molar-refractivity contribution in [2.24, 2.45) is 23.5 Å². The first-order chi connectivity index (χ1) is 10.3. The van der Waals surface area contributed by atoms with Gasteiger partial charge in [0, 0.05) is 25.6 Å². The molecule has 0 aromatic heterocycles. The maximum absolute atomic E-state index is 12.8. The zero-order chi connectivity index (χ0) is 14.7. The fourth-order valence-corrected chi connectivity index (χ4v) is 3.97. The number of fused-ring (bicyclic) bond motifs is 1. The molecule has 2 N–H and O–H groups in total. The molecule has 0 heterocycles. The van der Waals surface area contributed by atoms with E-state index in [0.29, 0.717) is 36.8 Å². The van der Waals surface area contributed by atoms with Gasteiger partial charge in [0.25, 0.3) is 0 Å². The molecule has 1 aromatic rings. The van der Waals surface area contributed by atoms with Gasteiger partial charge in [0.15, 0.2) is 0 Å². The standard InChI is InChI=1S/C18H26N2O/c19-11-13-20(12-10-14-6-2-1-3-7-14)18(21)17-15-8-4-5-9-16(15)17/h1-3,6-7,15-17H,4-5,8-13,19H2. The first-order valence-electron chi connectivity index (χ1n) is 8.34. The van der Waals surface area contributed by atoms with E-state index < -0.39 is 0 Å². The average Bonchev–Trinajstić information content (AvgIpc) is 3.26. The van der Waals surface area contributed by atoms with Gasteiger partial charge in [0.05, 0.1) is 0 Å². The Morgan fingerprint density at radius 1 is 1.10 bits per heavy atom. The highest BCUT2D eigenvalue weighted by Crippen LogP contribution is 2.56. The van der Waals surface area contributed by atoms with Crippen LogP contribution in [0, 0.1) is 17.8 Å². The van der Waals surface area contributed by atoms with Gasteiger partial charge in [0.1, 0.15) is 0 Å². The number of hydrogen-bond donors (Lipinski definition) is 1. The van der Waals surface area contributed by atoms with Crippen molar-refractivity contribution in [3.8, 4) is 0 Å². The summed E-state index contributed by atoms with van der Waals surface area (Å²) in [6.07, 6.45) is 6.07. The second kappa shape index (κ2) is 6.61. The van der Waals surface area contributed by atoms with Crippen LogP contribution in [0.5, 0.6) is 0 Å². The lowest BCUT2D eigenvalue weighted by Gasteiger charge is -2.22. The molecule has 2 unspecified atom stereocenters. The number of benzene rings is 1. The Bertz CT molecular complexity index is 461. The molecule has 2 aliphatic carbocycles. The van der Waals surface area contributed by atoms with Crippen LogP contribution in [0.2, 0.25) is 0 Å². The van der Waals surface area contributed by atoms with Gasteiger partial charge in [-0.15, -0.1) is 0 Å². The molecule has 1 amide bonds. The number of carbonyl (C=O) groups is 1. The van der Waals surface area contributed by atoms with Gasteiger partial charge in [-0.05, 0) is 36.7 Å². The van der Waals surface area contributed by atoms with Crippen LogP contribution in [0.25, 0.3) is 0 Å². The van der Waals surface area contributed by atoms with Crippen molar-refractivity contribution >= 4 is 5.91 Å². The molecule has 114 valence electrons. The number of nitrogens with zero attached hydrogens (tertiary/aromatic N) is 1. The minimum absolute atomic E-state index is 0.315. The van der Waals surface area contributed by atoms with E-state index in [4.69, 9.17) is 5.73 Å². The van der Waals surface area contributed by atoms with E-state index in [1.807, 2.05) is 11.0 Å². The third-order valence-corrected chi connectivity index (χ3v) is 5.17. The number of carbonyl (C=O) groups excluding carboxylic acids is 1. The van der Waals surface area contributed by atoms with Crippen molar-refractivity contribution in [2.45, 2.75) is 32.1 Å². The van der Waals surface area contributed by atoms with Crippen LogP contribution in [0.4, 0.5) is 0 Å². The van der Waals surface area contributed by atoms with Crippen LogP contribution in [-0.2, 0) is 11.2 Å². The van der Waals surface area contributed by atoms with Gasteiger partial charge in [0.2, 0.25) is 5.91 Å². The Hall–Kier alpha value is -1.35. The molecule has 1 aromatic carbocycles. The maximum atomic E-state index is 12.8. The minimum Gasteiger partial charge on any atom is -0.341 e. The van der Waals surface area contributed by atoms with Crippen molar-refractivity contribution in [3.63, 3.8) is 0 Å². The monoisotopic (exact) mass is 286 g/mol. The molecule has 2 fully saturated rings. The van der Waals surface area contributed by atoms with E-state index in [9.17, 15) is 4.79 Å². The summed E-state index contributed by atoms with van der Waals surface area (Å²) in [5.74, 6) is 2.05. The van der Waals surface area contributed by atoms with E-state index in [2.05, 4.69) is 24.3 Å². The van der Waals surface area contributed by atoms with Gasteiger partial charge in [-0.25, -0.2) is 0 Å². The van der Waals surface area contributed by atoms with E-state index >= 15 is 0 Å². The molecule has 21 heavy (non-hydrogen) atoms. The van der Waals surface area contributed by atoms with Crippen LogP contribution < -0.4 is 5.73 Å². The molecule has 2 saturated carbocycles. The lowest BCUT2D eigenvalue weighted by Crippen LogP contribution is -2.38. The van der Waals surface area contributed by atoms with Crippen LogP contribution >= 0.6 is 0 Å². The smallest absolute Gasteiger partial charge is 0.226 e. The van der Waals surface area contributed by atoms with Crippen molar-refractivity contribution in [1.29, 1.82) is 0 Å². The quantitative estimate of drug-likeness (QED) is 0.873. The van der Waals surface area contributed by atoms with Crippen molar-refractivity contribution in [3.05, 3.63) is 35.9 Å². The molecule has 2 atom stereocenters. The number of rotatable bonds is 6. The number of hydrogen-bond acceptors (Lipinski definition) is 2. The highest BCUT2D eigenvalue weighted by atomic mass is 16.2. The fourth-order valence-electron chi connectivity index (χ4n) is 3.97. The van der Waals surface area contributed by atoms with Gasteiger partial charge < -0.3 is 10.6 Å². The summed E-state index contributed by atoms with van der Waals surface area (Å²) in [5.41, 5.74) is 7.00. The third-order valence-electron chi connectivity index (χ3n) is 5.17. The predicted octanol–water partition coefficient (Wildman–Crippen LogP) is 2.45. The van der Waals surface area contributed by atoms with E-state index in [0.717, 1.165) is 13.0 Å². The Kier molecular flexibility index (Phi) is 4.59. The molecule has 0 bridgehead atoms. The largest absolute Gasteiger partial charge is 0.341 e. The average molecular weight is 286 g/mol. The van der Waals surface area contributed by atoms with Gasteiger partial charge in [-0.3, -0.25) is 4.79 Å². The third kappa shape index (κ3) is 3.29. The molecular formula is C18H26N2O. The van der Waals surface area contributed by atoms with E-state index in [1.54, 1.807) is 0 Å². The Morgan fingerprint density at radius 2 is 1.76 bits per heavy atom. The molecule has 3 nitrogen and oxygen atoms in total. The zero-order valence-corrected chi connectivity index (χ0v) is 12.7. The topological polar surface area (TPSA) is 46.3 Å². The zero-order valence-electron chi connectivity index (χ0n) is 12.7. The summed E-state index contributed by atoms with van der Waals surface area (Å²) >= 11 is 0. The molecule has 0 spiro atoms. The Labute approximate surface area is 127 Å². The van der Waals surface area contributed by atoms with E-state index in [-0.39, 0.29) is 0 Å². The summed E-state index contributed by atoms with van der Waals surface area (Å²) in [5, 5.41) is 0. The first kappa shape index (κ1) is 14.6. The van der Waals surface area contributed by atoms with Crippen LogP contribution in [0.15, 0.2) is 30.3 Å². The molecule has 2 aliphatic rings. The van der Waals surface area contributed by atoms with Gasteiger partial charge in [-0.1, -0.05) is 43.2 Å². The molecule has 3 heteroatoms. The number of nitrogens with two attached hydrogens (primary N) is 1. The molecule has 0 aliphatic heterocycles. The number of amides is 1. The van der Waals surface area contributed by atoms with Gasteiger partial charge in [-0.2, -0.15) is 0 Å². The fraction of sp³-hybridized carbons (Fsp3) is 0.611. The summed E-state index contributed by atoms with van der Waals surface area (Å²) in [4.78, 5) is 14.8. The summed E-state index contributed by atoms with van der Waals surface area (Å²) in [6, 6.07) is 10.4. The Balaban J connectivity index is 1.57. The minimum atomic E-state index is 0.315. The normalized spacial score (nSPS) is 27.0. The molecule has 0 radical (unpaired) electrons. The lowest BCUT2D eigenvalue weighted by molar-refractivity contribution is -0.133. The summed E-state index contributed by atoms with van der Waals surface area (Å²) in [6.45, 7) is 2.06. The molecule has 0 saturated heterocycles. The van der Waals surface area contributed by atoms with Crippen LogP contribution in [0.1, 0.15) is 31.2 Å². The second-order valence-corrected chi connectivity index (χ2v) is 6.49. The van der Waals surface area contributed by atoms with Crippen molar-refractivity contribution < 1.29 is 4.79 Å². The summed E-state index contributed by atoms with van der Waals surface area (Å²) < 4.78 is 0. The molecular weight excluding hydrogens is 260 g/mol. The van der Waals surface area contributed by atoms with Crippen molar-refractivity contribution in [1.82, 2.24) is 4.90 Å². The first-order valence-corrected chi connectivity index (χ1v) is 8.34. The highest BCUT2D eigenvalue weighted by molar-refractivity contribution is 5.82. The second-order valence-electron chi connectivity index (χ2n) is 6.49. The lowest BCUT2D eigenvalue weighted by atomic mass is 10.0. The van der Waals surface area contributed by atoms with Crippen LogP contribution in [-0.4, -0.2) is 30.4 Å². The molecule has 3 rings (SSSR count). The summed E-state index contributed by atoms with van der Waals surface area (Å²) in [7, 11) is 0. The highest BCUT2D eigenvalue weighted by Gasteiger charge is 2.55. The Morgan fingerprint density at radius 3 is 2.38 bits per heavy atom. The van der Waals surface area contributed by atoms with E-state index in [1.165, 1.54) is 31.2 Å². The van der Waals surface area contributed by atoms with Gasteiger partial charge >= 0.3 is 0 Å².